The van der Waals surface area contributed by atoms with Crippen LogP contribution in [0.2, 0.25) is 0 Å². The molecule has 1 N–H and O–H groups in total. The molecule has 1 aromatic carbocycles. The molecule has 172 valence electrons. The second-order valence-corrected chi connectivity index (χ2v) is 8.79. The molecule has 2 heterocycles. The lowest BCUT2D eigenvalue weighted by atomic mass is 10.0. The minimum atomic E-state index is -4.52. The molecule has 2 fully saturated rings. The smallest absolute Gasteiger partial charge is 0.324 e. The van der Waals surface area contributed by atoms with E-state index in [-0.39, 0.29) is 17.6 Å². The van der Waals surface area contributed by atoms with Gasteiger partial charge in [-0.05, 0) is 37.3 Å². The van der Waals surface area contributed by atoms with E-state index in [0.717, 1.165) is 70.4 Å². The van der Waals surface area contributed by atoms with Gasteiger partial charge in [0.25, 0.3) is 0 Å². The predicted octanol–water partition coefficient (Wildman–Crippen LogP) is 4.56. The Balaban J connectivity index is 1.22. The minimum Gasteiger partial charge on any atom is -0.324 e. The third kappa shape index (κ3) is 5.66. The lowest BCUT2D eigenvalue weighted by Gasteiger charge is -2.40. The molecule has 2 aliphatic rings. The number of hydrogen-bond acceptors (Lipinski definition) is 4. The van der Waals surface area contributed by atoms with Gasteiger partial charge in [-0.3, -0.25) is 19.6 Å². The summed E-state index contributed by atoms with van der Waals surface area (Å²) in [6, 6.07) is 11.4. The average Bonchev–Trinajstić information content (AvgIpc) is 3.55. The number of aromatic nitrogens is 1. The largest absolute Gasteiger partial charge is 0.418 e. The van der Waals surface area contributed by atoms with Gasteiger partial charge in [0.1, 0.15) is 0 Å². The Hall–Kier alpha value is -2.45. The van der Waals surface area contributed by atoms with E-state index in [1.807, 2.05) is 6.07 Å². The fraction of sp³-hybridized carbons (Fsp3) is 0.500. The number of benzene rings is 1. The van der Waals surface area contributed by atoms with Crippen molar-refractivity contribution in [2.45, 2.75) is 50.4 Å². The van der Waals surface area contributed by atoms with Crippen LogP contribution in [0, 0.1) is 0 Å². The maximum absolute atomic E-state index is 13.1. The third-order valence-electron chi connectivity index (χ3n) is 6.57. The van der Waals surface area contributed by atoms with Gasteiger partial charge in [0.2, 0.25) is 5.91 Å². The number of hydrogen-bond donors (Lipinski definition) is 1. The normalized spacial score (nSPS) is 19.0. The minimum absolute atomic E-state index is 0.171. The van der Waals surface area contributed by atoms with Crippen molar-refractivity contribution in [1.82, 2.24) is 14.8 Å². The van der Waals surface area contributed by atoms with Crippen LogP contribution in [-0.4, -0.2) is 52.4 Å². The molecule has 1 aliphatic carbocycles. The summed E-state index contributed by atoms with van der Waals surface area (Å²) in [7, 11) is 0. The number of anilines is 1. The van der Waals surface area contributed by atoms with E-state index < -0.39 is 17.6 Å². The standard InChI is InChI=1S/C24H29F3N4O/c25-24(26,27)20-8-12-28-17-21(20)29-22(32)7-4-9-23(10-11-23)31-15-13-30(14-16-31)18-19-5-2-1-3-6-19/h1-3,5-6,8,12,17H,4,7,9-11,13-16,18H2,(H,29,32). The highest BCUT2D eigenvalue weighted by Crippen LogP contribution is 2.46. The molecular weight excluding hydrogens is 417 g/mol. The van der Waals surface area contributed by atoms with E-state index in [0.29, 0.717) is 6.42 Å². The van der Waals surface area contributed by atoms with E-state index >= 15 is 0 Å². The summed E-state index contributed by atoms with van der Waals surface area (Å²) >= 11 is 0. The van der Waals surface area contributed by atoms with Crippen molar-refractivity contribution in [1.29, 1.82) is 0 Å². The van der Waals surface area contributed by atoms with Crippen molar-refractivity contribution in [2.75, 3.05) is 31.5 Å². The van der Waals surface area contributed by atoms with Crippen LogP contribution in [0.25, 0.3) is 0 Å². The molecule has 1 aliphatic heterocycles. The lowest BCUT2D eigenvalue weighted by molar-refractivity contribution is -0.137. The number of carbonyl (C=O) groups is 1. The Morgan fingerprint density at radius 2 is 1.78 bits per heavy atom. The summed E-state index contributed by atoms with van der Waals surface area (Å²) < 4.78 is 39.2. The molecule has 2 aromatic rings. The maximum Gasteiger partial charge on any atom is 0.418 e. The fourth-order valence-electron chi connectivity index (χ4n) is 4.62. The van der Waals surface area contributed by atoms with Gasteiger partial charge >= 0.3 is 6.18 Å². The van der Waals surface area contributed by atoms with E-state index in [2.05, 4.69) is 44.4 Å². The van der Waals surface area contributed by atoms with Crippen LogP contribution in [0.3, 0.4) is 0 Å². The van der Waals surface area contributed by atoms with Gasteiger partial charge in [0.05, 0.1) is 17.4 Å². The summed E-state index contributed by atoms with van der Waals surface area (Å²) in [5.74, 6) is -0.396. The van der Waals surface area contributed by atoms with Crippen molar-refractivity contribution >= 4 is 11.6 Å². The molecule has 0 bridgehead atoms. The second-order valence-electron chi connectivity index (χ2n) is 8.79. The topological polar surface area (TPSA) is 48.5 Å². The number of piperazine rings is 1. The molecule has 0 spiro atoms. The number of amides is 1. The quantitative estimate of drug-likeness (QED) is 0.646. The van der Waals surface area contributed by atoms with E-state index in [4.69, 9.17) is 0 Å². The van der Waals surface area contributed by atoms with Gasteiger partial charge in [0, 0.05) is 50.9 Å². The lowest BCUT2D eigenvalue weighted by Crippen LogP contribution is -2.51. The molecule has 0 unspecified atom stereocenters. The molecule has 5 nitrogen and oxygen atoms in total. The Bertz CT molecular complexity index is 907. The van der Waals surface area contributed by atoms with Gasteiger partial charge in [0.15, 0.2) is 0 Å². The summed E-state index contributed by atoms with van der Waals surface area (Å²) in [4.78, 5) is 21.0. The summed E-state index contributed by atoms with van der Waals surface area (Å²) in [6.07, 6.45) is 1.65. The molecule has 1 aromatic heterocycles. The van der Waals surface area contributed by atoms with Crippen molar-refractivity contribution in [3.8, 4) is 0 Å². The first-order chi connectivity index (χ1) is 15.4. The van der Waals surface area contributed by atoms with Gasteiger partial charge in [-0.2, -0.15) is 13.2 Å². The predicted molar refractivity (Wildman–Crippen MR) is 117 cm³/mol. The highest BCUT2D eigenvalue weighted by molar-refractivity contribution is 5.91. The van der Waals surface area contributed by atoms with Crippen molar-refractivity contribution in [3.63, 3.8) is 0 Å². The first kappa shape index (κ1) is 22.7. The molecule has 8 heteroatoms. The number of halogens is 3. The Kier molecular flexibility index (Phi) is 6.81. The summed E-state index contributed by atoms with van der Waals surface area (Å²) in [5.41, 5.74) is 0.355. The van der Waals surface area contributed by atoms with Crippen LogP contribution in [-0.2, 0) is 17.5 Å². The zero-order valence-electron chi connectivity index (χ0n) is 18.1. The zero-order valence-corrected chi connectivity index (χ0v) is 18.1. The highest BCUT2D eigenvalue weighted by Gasteiger charge is 2.47. The Morgan fingerprint density at radius 1 is 1.06 bits per heavy atom. The molecule has 1 saturated carbocycles. The van der Waals surface area contributed by atoms with Gasteiger partial charge in [-0.1, -0.05) is 30.3 Å². The first-order valence-electron chi connectivity index (χ1n) is 11.2. The van der Waals surface area contributed by atoms with Crippen molar-refractivity contribution in [3.05, 3.63) is 59.9 Å². The van der Waals surface area contributed by atoms with Gasteiger partial charge < -0.3 is 5.32 Å². The average molecular weight is 447 g/mol. The monoisotopic (exact) mass is 446 g/mol. The Labute approximate surface area is 186 Å². The second kappa shape index (κ2) is 9.58. The number of carbonyl (C=O) groups excluding carboxylic acids is 1. The number of nitrogens with one attached hydrogen (secondary N) is 1. The van der Waals surface area contributed by atoms with Crippen LogP contribution in [0.15, 0.2) is 48.8 Å². The molecule has 1 amide bonds. The van der Waals surface area contributed by atoms with Gasteiger partial charge in [-0.15, -0.1) is 0 Å². The molecule has 4 rings (SSSR count). The number of nitrogens with zero attached hydrogens (tertiary/aromatic N) is 3. The SMILES string of the molecule is O=C(CCCC1(N2CCN(Cc3ccccc3)CC2)CC1)Nc1cnccc1C(F)(F)F. The van der Waals surface area contributed by atoms with Gasteiger partial charge in [-0.25, -0.2) is 0 Å². The van der Waals surface area contributed by atoms with E-state index in [9.17, 15) is 18.0 Å². The highest BCUT2D eigenvalue weighted by atomic mass is 19.4. The summed E-state index contributed by atoms with van der Waals surface area (Å²) in [6.45, 7) is 5.06. The zero-order chi connectivity index (χ0) is 22.6. The maximum atomic E-state index is 13.1. The van der Waals surface area contributed by atoms with Crippen molar-refractivity contribution < 1.29 is 18.0 Å². The fourth-order valence-corrected chi connectivity index (χ4v) is 4.62. The number of pyridine rings is 1. The van der Waals surface area contributed by atoms with Crippen molar-refractivity contribution in [2.24, 2.45) is 0 Å². The number of rotatable bonds is 8. The van der Waals surface area contributed by atoms with Crippen LogP contribution in [0.5, 0.6) is 0 Å². The van der Waals surface area contributed by atoms with E-state index in [1.165, 1.54) is 5.56 Å². The first-order valence-corrected chi connectivity index (χ1v) is 11.2. The summed E-state index contributed by atoms with van der Waals surface area (Å²) in [5, 5.41) is 2.39. The molecule has 0 atom stereocenters. The Morgan fingerprint density at radius 3 is 2.44 bits per heavy atom. The van der Waals surface area contributed by atoms with Crippen LogP contribution in [0.1, 0.15) is 43.2 Å². The number of alkyl halides is 3. The molecule has 1 saturated heterocycles. The molecular formula is C24H29F3N4O. The van der Waals surface area contributed by atoms with Crippen LogP contribution < -0.4 is 5.32 Å². The molecule has 32 heavy (non-hydrogen) atoms. The third-order valence-corrected chi connectivity index (χ3v) is 6.57. The molecule has 0 radical (unpaired) electrons. The van der Waals surface area contributed by atoms with E-state index in [1.54, 1.807) is 0 Å². The van der Waals surface area contributed by atoms with Crippen LogP contribution in [0.4, 0.5) is 18.9 Å². The van der Waals surface area contributed by atoms with Crippen LogP contribution >= 0.6 is 0 Å².